The molecule has 0 atom stereocenters. The monoisotopic (exact) mass is 413 g/mol. The number of ether oxygens (including phenoxy) is 2. The van der Waals surface area contributed by atoms with Crippen LogP contribution in [0.1, 0.15) is 6.42 Å². The summed E-state index contributed by atoms with van der Waals surface area (Å²) in [6, 6.07) is 12.5. The molecule has 3 aromatic rings. The number of hydrogen-bond donors (Lipinski definition) is 2. The highest BCUT2D eigenvalue weighted by atomic mass is 16.5. The van der Waals surface area contributed by atoms with Crippen LogP contribution in [-0.2, 0) is 20.9 Å². The van der Waals surface area contributed by atoms with Gasteiger partial charge in [-0.3, -0.25) is 19.5 Å². The molecule has 0 fully saturated rings. The minimum absolute atomic E-state index is 0.0360. The van der Waals surface area contributed by atoms with Crippen LogP contribution < -0.4 is 21.1 Å². The maximum absolute atomic E-state index is 11.9. The zero-order chi connectivity index (χ0) is 21.5. The molecule has 0 aliphatic rings. The summed E-state index contributed by atoms with van der Waals surface area (Å²) in [5, 5.41) is 4.51. The predicted octanol–water partition coefficient (Wildman–Crippen LogP) is 1.88. The molecule has 3 amide bonds. The number of carbonyl (C=O) groups is 3. The average Bonchev–Trinajstić information content (AvgIpc) is 3.06. The zero-order valence-electron chi connectivity index (χ0n) is 16.0. The van der Waals surface area contributed by atoms with Crippen LogP contribution in [0.2, 0.25) is 0 Å². The van der Waals surface area contributed by atoms with Gasteiger partial charge in [0.25, 0.3) is 5.91 Å². The maximum atomic E-state index is 11.9. The summed E-state index contributed by atoms with van der Waals surface area (Å²) in [5.74, 6) is -1.45. The fourth-order valence-corrected chi connectivity index (χ4v) is 2.65. The van der Waals surface area contributed by atoms with E-state index in [1.807, 2.05) is 5.32 Å². The van der Waals surface area contributed by atoms with Crippen molar-refractivity contribution in [3.05, 3.63) is 59.1 Å². The molecule has 10 nitrogen and oxygen atoms in total. The number of oxazole rings is 1. The summed E-state index contributed by atoms with van der Waals surface area (Å²) in [6.45, 7) is -0.593. The third-order valence-corrected chi connectivity index (χ3v) is 4.08. The van der Waals surface area contributed by atoms with Crippen LogP contribution in [-0.4, -0.2) is 36.2 Å². The second kappa shape index (κ2) is 9.41. The number of nitrogens with one attached hydrogen (secondary N) is 2. The number of carbonyl (C=O) groups excluding carboxylic acids is 3. The van der Waals surface area contributed by atoms with E-state index in [0.717, 1.165) is 0 Å². The van der Waals surface area contributed by atoms with Gasteiger partial charge in [-0.2, -0.15) is 0 Å². The number of urea groups is 1. The Morgan fingerprint density at radius 2 is 1.80 bits per heavy atom. The Labute approximate surface area is 170 Å². The van der Waals surface area contributed by atoms with Gasteiger partial charge in [0.05, 0.1) is 19.0 Å². The number of amides is 3. The van der Waals surface area contributed by atoms with Crippen LogP contribution in [0, 0.1) is 0 Å². The van der Waals surface area contributed by atoms with Crippen LogP contribution in [0.25, 0.3) is 11.1 Å². The SMILES string of the molecule is COc1ccc(NC(=O)NC(=O)COC(=O)CCn2c(=O)oc3ccccc32)cc1. The van der Waals surface area contributed by atoms with E-state index in [2.05, 4.69) is 5.32 Å². The molecule has 0 saturated heterocycles. The lowest BCUT2D eigenvalue weighted by molar-refractivity contribution is -0.148. The number of methoxy groups -OCH3 is 1. The largest absolute Gasteiger partial charge is 0.497 e. The number of imide groups is 1. The van der Waals surface area contributed by atoms with Gasteiger partial charge in [-0.25, -0.2) is 9.59 Å². The average molecular weight is 413 g/mol. The van der Waals surface area contributed by atoms with Gasteiger partial charge in [0.15, 0.2) is 12.2 Å². The second-order valence-electron chi connectivity index (χ2n) is 6.13. The zero-order valence-corrected chi connectivity index (χ0v) is 16.0. The van der Waals surface area contributed by atoms with Gasteiger partial charge < -0.3 is 19.2 Å². The molecule has 30 heavy (non-hydrogen) atoms. The molecule has 0 saturated carbocycles. The second-order valence-corrected chi connectivity index (χ2v) is 6.13. The number of aryl methyl sites for hydroxylation is 1. The van der Waals surface area contributed by atoms with E-state index in [1.165, 1.54) is 11.7 Å². The van der Waals surface area contributed by atoms with Gasteiger partial charge in [-0.1, -0.05) is 12.1 Å². The van der Waals surface area contributed by atoms with E-state index >= 15 is 0 Å². The first-order chi connectivity index (χ1) is 14.5. The van der Waals surface area contributed by atoms with E-state index in [-0.39, 0.29) is 13.0 Å². The minimum atomic E-state index is -0.791. The first-order valence-corrected chi connectivity index (χ1v) is 8.95. The first-order valence-electron chi connectivity index (χ1n) is 8.95. The number of aromatic nitrogens is 1. The lowest BCUT2D eigenvalue weighted by Crippen LogP contribution is -2.37. The van der Waals surface area contributed by atoms with Crippen molar-refractivity contribution in [2.75, 3.05) is 19.0 Å². The summed E-state index contributed by atoms with van der Waals surface area (Å²) >= 11 is 0. The van der Waals surface area contributed by atoms with Gasteiger partial charge >= 0.3 is 17.8 Å². The highest BCUT2D eigenvalue weighted by molar-refractivity contribution is 6.01. The van der Waals surface area contributed by atoms with Crippen molar-refractivity contribution in [1.29, 1.82) is 0 Å². The van der Waals surface area contributed by atoms with Crippen LogP contribution in [0.3, 0.4) is 0 Å². The molecule has 156 valence electrons. The number of rotatable bonds is 7. The number of nitrogens with zero attached hydrogens (tertiary/aromatic N) is 1. The number of esters is 1. The fourth-order valence-electron chi connectivity index (χ4n) is 2.65. The molecule has 3 rings (SSSR count). The quantitative estimate of drug-likeness (QED) is 0.566. The molecule has 0 aliphatic heterocycles. The van der Waals surface area contributed by atoms with Crippen molar-refractivity contribution >= 4 is 34.7 Å². The molecular weight excluding hydrogens is 394 g/mol. The number of hydrogen-bond acceptors (Lipinski definition) is 7. The van der Waals surface area contributed by atoms with Crippen LogP contribution in [0.15, 0.2) is 57.7 Å². The normalized spacial score (nSPS) is 10.4. The van der Waals surface area contributed by atoms with Crippen molar-refractivity contribution < 1.29 is 28.3 Å². The molecule has 10 heteroatoms. The minimum Gasteiger partial charge on any atom is -0.497 e. The third kappa shape index (κ3) is 5.25. The molecule has 1 aromatic heterocycles. The van der Waals surface area contributed by atoms with Crippen molar-refractivity contribution in [3.8, 4) is 5.75 Å². The molecule has 0 aliphatic carbocycles. The highest BCUT2D eigenvalue weighted by Gasteiger charge is 2.14. The Bertz CT molecular complexity index is 1120. The Morgan fingerprint density at radius 3 is 2.53 bits per heavy atom. The number of para-hydroxylation sites is 2. The molecule has 0 spiro atoms. The maximum Gasteiger partial charge on any atom is 0.419 e. The van der Waals surface area contributed by atoms with Gasteiger partial charge in [0.2, 0.25) is 0 Å². The van der Waals surface area contributed by atoms with E-state index < -0.39 is 30.3 Å². The molecule has 1 heterocycles. The number of benzene rings is 2. The van der Waals surface area contributed by atoms with E-state index in [0.29, 0.717) is 22.5 Å². The van der Waals surface area contributed by atoms with E-state index in [4.69, 9.17) is 13.9 Å². The molecule has 0 bridgehead atoms. The summed E-state index contributed by atoms with van der Waals surface area (Å²) in [7, 11) is 1.52. The molecule has 2 N–H and O–H groups in total. The standard InChI is InChI=1S/C20H19N3O7/c1-28-14-8-6-13(7-9-14)21-19(26)22-17(24)12-29-18(25)10-11-23-15-4-2-3-5-16(15)30-20(23)27/h2-9H,10-12H2,1H3,(H2,21,22,24,26). The van der Waals surface area contributed by atoms with Crippen molar-refractivity contribution in [2.24, 2.45) is 0 Å². The summed E-state index contributed by atoms with van der Waals surface area (Å²) in [4.78, 5) is 47.3. The van der Waals surface area contributed by atoms with Gasteiger partial charge in [-0.15, -0.1) is 0 Å². The van der Waals surface area contributed by atoms with Gasteiger partial charge in [0.1, 0.15) is 5.75 Å². The van der Waals surface area contributed by atoms with E-state index in [9.17, 15) is 19.2 Å². The van der Waals surface area contributed by atoms with E-state index in [1.54, 1.807) is 48.5 Å². The molecule has 2 aromatic carbocycles. The van der Waals surface area contributed by atoms with Crippen molar-refractivity contribution in [2.45, 2.75) is 13.0 Å². The topological polar surface area (TPSA) is 129 Å². The molecular formula is C20H19N3O7. The molecule has 0 radical (unpaired) electrons. The van der Waals surface area contributed by atoms with Crippen LogP contribution in [0.4, 0.5) is 10.5 Å². The number of fused-ring (bicyclic) bond motifs is 1. The fraction of sp³-hybridized carbons (Fsp3) is 0.200. The Morgan fingerprint density at radius 1 is 1.07 bits per heavy atom. The van der Waals surface area contributed by atoms with Gasteiger partial charge in [0, 0.05) is 12.2 Å². The molecule has 0 unspecified atom stereocenters. The summed E-state index contributed by atoms with van der Waals surface area (Å²) < 4.78 is 16.2. The Hall–Kier alpha value is -4.08. The Kier molecular flexibility index (Phi) is 6.48. The predicted molar refractivity (Wildman–Crippen MR) is 106 cm³/mol. The highest BCUT2D eigenvalue weighted by Crippen LogP contribution is 2.15. The van der Waals surface area contributed by atoms with Gasteiger partial charge in [-0.05, 0) is 36.4 Å². The summed E-state index contributed by atoms with van der Waals surface area (Å²) in [5.41, 5.74) is 1.43. The van der Waals surface area contributed by atoms with Crippen molar-refractivity contribution in [3.63, 3.8) is 0 Å². The lowest BCUT2D eigenvalue weighted by atomic mass is 10.3. The van der Waals surface area contributed by atoms with Crippen molar-refractivity contribution in [1.82, 2.24) is 9.88 Å². The number of anilines is 1. The Balaban J connectivity index is 1.42. The first kappa shape index (κ1) is 20.6. The lowest BCUT2D eigenvalue weighted by Gasteiger charge is -2.08. The van der Waals surface area contributed by atoms with Crippen LogP contribution in [0.5, 0.6) is 5.75 Å². The smallest absolute Gasteiger partial charge is 0.419 e. The third-order valence-electron chi connectivity index (χ3n) is 4.08. The summed E-state index contributed by atoms with van der Waals surface area (Å²) in [6.07, 6.45) is -0.144. The van der Waals surface area contributed by atoms with Crippen LogP contribution >= 0.6 is 0 Å².